The number of hydrogen-bond donors (Lipinski definition) is 2. The van der Waals surface area contributed by atoms with E-state index < -0.39 is 0 Å². The zero-order valence-electron chi connectivity index (χ0n) is 6.62. The van der Waals surface area contributed by atoms with Gasteiger partial charge in [0.2, 0.25) is 0 Å². The Bertz CT molecular complexity index is 216. The van der Waals surface area contributed by atoms with Crippen molar-refractivity contribution in [3.8, 4) is 0 Å². The Morgan fingerprint density at radius 1 is 1.36 bits per heavy atom. The monoisotopic (exact) mass is 151 g/mol. The molecule has 0 bridgehead atoms. The molecule has 0 aliphatic rings. The summed E-state index contributed by atoms with van der Waals surface area (Å²) >= 11 is 0. The van der Waals surface area contributed by atoms with Gasteiger partial charge >= 0.3 is 0 Å². The predicted octanol–water partition coefficient (Wildman–Crippen LogP) is 1.19. The SMILES string of the molecule is C[C@H](O)Cc1ccc(N)cc1. The van der Waals surface area contributed by atoms with Crippen LogP contribution < -0.4 is 5.73 Å². The summed E-state index contributed by atoms with van der Waals surface area (Å²) in [6.07, 6.45) is 0.416. The Hall–Kier alpha value is -1.02. The van der Waals surface area contributed by atoms with E-state index in [-0.39, 0.29) is 6.10 Å². The molecule has 0 saturated carbocycles. The summed E-state index contributed by atoms with van der Waals surface area (Å²) in [6, 6.07) is 7.56. The Balaban J connectivity index is 2.66. The molecule has 1 atom stereocenters. The summed E-state index contributed by atoms with van der Waals surface area (Å²) in [4.78, 5) is 0. The van der Waals surface area contributed by atoms with Crippen LogP contribution in [0.4, 0.5) is 5.69 Å². The van der Waals surface area contributed by atoms with Gasteiger partial charge in [-0.2, -0.15) is 0 Å². The van der Waals surface area contributed by atoms with Gasteiger partial charge in [-0.05, 0) is 31.0 Å². The van der Waals surface area contributed by atoms with Crippen molar-refractivity contribution in [1.82, 2.24) is 0 Å². The van der Waals surface area contributed by atoms with E-state index >= 15 is 0 Å². The first-order valence-corrected chi connectivity index (χ1v) is 3.71. The van der Waals surface area contributed by atoms with Gasteiger partial charge in [0, 0.05) is 5.69 Å². The molecule has 0 fully saturated rings. The molecule has 60 valence electrons. The number of nitrogens with two attached hydrogens (primary N) is 1. The number of aliphatic hydroxyl groups excluding tert-OH is 1. The van der Waals surface area contributed by atoms with E-state index in [0.29, 0.717) is 6.42 Å². The highest BCUT2D eigenvalue weighted by atomic mass is 16.3. The van der Waals surface area contributed by atoms with Gasteiger partial charge in [0.1, 0.15) is 0 Å². The molecule has 0 spiro atoms. The van der Waals surface area contributed by atoms with Crippen LogP contribution in [-0.4, -0.2) is 11.2 Å². The molecule has 0 heterocycles. The molecule has 1 aromatic rings. The Morgan fingerprint density at radius 2 is 1.91 bits per heavy atom. The first-order chi connectivity index (χ1) is 5.18. The van der Waals surface area contributed by atoms with E-state index in [1.807, 2.05) is 24.3 Å². The molecule has 0 aliphatic carbocycles. The highest BCUT2D eigenvalue weighted by molar-refractivity contribution is 5.39. The molecule has 0 saturated heterocycles. The van der Waals surface area contributed by atoms with Crippen molar-refractivity contribution in [2.75, 3.05) is 5.73 Å². The number of aliphatic hydroxyl groups is 1. The van der Waals surface area contributed by atoms with Crippen molar-refractivity contribution in [3.63, 3.8) is 0 Å². The fourth-order valence-corrected chi connectivity index (χ4v) is 0.995. The van der Waals surface area contributed by atoms with Crippen LogP contribution in [0.3, 0.4) is 0 Å². The number of nitrogen functional groups attached to an aromatic ring is 1. The van der Waals surface area contributed by atoms with Gasteiger partial charge in [-0.3, -0.25) is 0 Å². The van der Waals surface area contributed by atoms with E-state index in [9.17, 15) is 0 Å². The van der Waals surface area contributed by atoms with Gasteiger partial charge in [0.05, 0.1) is 6.10 Å². The minimum absolute atomic E-state index is 0.279. The van der Waals surface area contributed by atoms with Gasteiger partial charge < -0.3 is 10.8 Å². The van der Waals surface area contributed by atoms with Crippen LogP contribution in [0.2, 0.25) is 0 Å². The molecule has 1 aromatic carbocycles. The third kappa shape index (κ3) is 2.60. The van der Waals surface area contributed by atoms with Gasteiger partial charge in [-0.15, -0.1) is 0 Å². The molecule has 1 rings (SSSR count). The van der Waals surface area contributed by atoms with E-state index in [4.69, 9.17) is 10.8 Å². The normalized spacial score (nSPS) is 12.9. The molecular weight excluding hydrogens is 138 g/mol. The predicted molar refractivity (Wildman–Crippen MR) is 46.2 cm³/mol. The first-order valence-electron chi connectivity index (χ1n) is 3.71. The summed E-state index contributed by atoms with van der Waals surface area (Å²) in [5.41, 5.74) is 7.38. The average Bonchev–Trinajstić information content (AvgIpc) is 1.93. The second kappa shape index (κ2) is 3.39. The van der Waals surface area contributed by atoms with Crippen LogP contribution in [0.15, 0.2) is 24.3 Å². The largest absolute Gasteiger partial charge is 0.399 e. The lowest BCUT2D eigenvalue weighted by atomic mass is 10.1. The van der Waals surface area contributed by atoms with E-state index in [1.165, 1.54) is 0 Å². The number of hydrogen-bond acceptors (Lipinski definition) is 2. The summed E-state index contributed by atoms with van der Waals surface area (Å²) in [6.45, 7) is 1.77. The average molecular weight is 151 g/mol. The molecule has 2 nitrogen and oxygen atoms in total. The maximum atomic E-state index is 9.04. The highest BCUT2D eigenvalue weighted by Crippen LogP contribution is 2.07. The lowest BCUT2D eigenvalue weighted by Crippen LogP contribution is -2.03. The van der Waals surface area contributed by atoms with Crippen molar-refractivity contribution >= 4 is 5.69 Å². The zero-order chi connectivity index (χ0) is 8.27. The van der Waals surface area contributed by atoms with Crippen molar-refractivity contribution in [2.45, 2.75) is 19.4 Å². The van der Waals surface area contributed by atoms with Gasteiger partial charge in [0.25, 0.3) is 0 Å². The van der Waals surface area contributed by atoms with Crippen molar-refractivity contribution in [2.24, 2.45) is 0 Å². The topological polar surface area (TPSA) is 46.2 Å². The second-order valence-corrected chi connectivity index (χ2v) is 2.79. The van der Waals surface area contributed by atoms with E-state index in [0.717, 1.165) is 11.3 Å². The number of benzene rings is 1. The summed E-state index contributed by atoms with van der Waals surface area (Å²) < 4.78 is 0. The summed E-state index contributed by atoms with van der Waals surface area (Å²) in [7, 11) is 0. The molecule has 0 amide bonds. The number of rotatable bonds is 2. The van der Waals surface area contributed by atoms with Crippen LogP contribution in [0.1, 0.15) is 12.5 Å². The lowest BCUT2D eigenvalue weighted by molar-refractivity contribution is 0.195. The van der Waals surface area contributed by atoms with Crippen LogP contribution in [-0.2, 0) is 6.42 Å². The smallest absolute Gasteiger partial charge is 0.0552 e. The Labute approximate surface area is 66.7 Å². The van der Waals surface area contributed by atoms with E-state index in [2.05, 4.69) is 0 Å². The molecule has 0 unspecified atom stereocenters. The van der Waals surface area contributed by atoms with Gasteiger partial charge in [-0.1, -0.05) is 12.1 Å². The Morgan fingerprint density at radius 3 is 2.36 bits per heavy atom. The fraction of sp³-hybridized carbons (Fsp3) is 0.333. The standard InChI is InChI=1S/C9H13NO/c1-7(11)6-8-2-4-9(10)5-3-8/h2-5,7,11H,6,10H2,1H3/t7-/m0/s1. The first kappa shape index (κ1) is 8.08. The van der Waals surface area contributed by atoms with Crippen LogP contribution in [0, 0.1) is 0 Å². The summed E-state index contributed by atoms with van der Waals surface area (Å²) in [5, 5.41) is 9.04. The quantitative estimate of drug-likeness (QED) is 0.624. The number of anilines is 1. The molecule has 0 aromatic heterocycles. The second-order valence-electron chi connectivity index (χ2n) is 2.79. The van der Waals surface area contributed by atoms with Crippen molar-refractivity contribution in [3.05, 3.63) is 29.8 Å². The van der Waals surface area contributed by atoms with Crippen molar-refractivity contribution < 1.29 is 5.11 Å². The Kier molecular flexibility index (Phi) is 2.49. The molecule has 11 heavy (non-hydrogen) atoms. The molecule has 0 aliphatic heterocycles. The molecule has 2 heteroatoms. The maximum Gasteiger partial charge on any atom is 0.0552 e. The van der Waals surface area contributed by atoms with Gasteiger partial charge in [-0.25, -0.2) is 0 Å². The fourth-order valence-electron chi connectivity index (χ4n) is 0.995. The summed E-state index contributed by atoms with van der Waals surface area (Å²) in [5.74, 6) is 0. The van der Waals surface area contributed by atoms with Crippen LogP contribution in [0.25, 0.3) is 0 Å². The van der Waals surface area contributed by atoms with Crippen LogP contribution in [0.5, 0.6) is 0 Å². The maximum absolute atomic E-state index is 9.04. The molecular formula is C9H13NO. The van der Waals surface area contributed by atoms with E-state index in [1.54, 1.807) is 6.92 Å². The van der Waals surface area contributed by atoms with Gasteiger partial charge in [0.15, 0.2) is 0 Å². The lowest BCUT2D eigenvalue weighted by Gasteiger charge is -2.03. The third-order valence-electron chi connectivity index (χ3n) is 1.51. The third-order valence-corrected chi connectivity index (χ3v) is 1.51. The minimum Gasteiger partial charge on any atom is -0.399 e. The minimum atomic E-state index is -0.279. The highest BCUT2D eigenvalue weighted by Gasteiger charge is 1.97. The zero-order valence-corrected chi connectivity index (χ0v) is 6.62. The molecule has 3 N–H and O–H groups in total. The van der Waals surface area contributed by atoms with Crippen molar-refractivity contribution in [1.29, 1.82) is 0 Å². The molecule has 0 radical (unpaired) electrons. The van der Waals surface area contributed by atoms with Crippen LogP contribution >= 0.6 is 0 Å².